The molecular formula is C13H7ClN2O2S. The van der Waals surface area contributed by atoms with Crippen LogP contribution in [0.25, 0.3) is 0 Å². The topological polar surface area (TPSA) is 74.0 Å². The average molecular weight is 291 g/mol. The van der Waals surface area contributed by atoms with Gasteiger partial charge in [0.1, 0.15) is 5.03 Å². The van der Waals surface area contributed by atoms with Crippen molar-refractivity contribution in [2.75, 3.05) is 0 Å². The molecule has 1 heterocycles. The molecule has 0 atom stereocenters. The molecule has 0 aliphatic carbocycles. The van der Waals surface area contributed by atoms with Gasteiger partial charge in [-0.15, -0.1) is 0 Å². The van der Waals surface area contributed by atoms with Crippen molar-refractivity contribution < 1.29 is 9.90 Å². The van der Waals surface area contributed by atoms with E-state index in [0.717, 1.165) is 0 Å². The lowest BCUT2D eigenvalue weighted by Gasteiger charge is -2.04. The van der Waals surface area contributed by atoms with E-state index in [1.165, 1.54) is 30.1 Å². The molecule has 0 unspecified atom stereocenters. The van der Waals surface area contributed by atoms with Crippen LogP contribution in [0, 0.1) is 11.3 Å². The highest BCUT2D eigenvalue weighted by Crippen LogP contribution is 2.29. The third kappa shape index (κ3) is 3.25. The number of nitrogens with zero attached hydrogens (tertiary/aromatic N) is 2. The Morgan fingerprint density at radius 2 is 2.16 bits per heavy atom. The van der Waals surface area contributed by atoms with Gasteiger partial charge in [0.15, 0.2) is 0 Å². The van der Waals surface area contributed by atoms with Crippen LogP contribution < -0.4 is 0 Å². The van der Waals surface area contributed by atoms with E-state index >= 15 is 0 Å². The molecule has 1 aromatic carbocycles. The number of pyridine rings is 1. The third-order valence-corrected chi connectivity index (χ3v) is 3.51. The van der Waals surface area contributed by atoms with E-state index in [0.29, 0.717) is 15.5 Å². The van der Waals surface area contributed by atoms with Crippen LogP contribution in [-0.4, -0.2) is 16.1 Å². The fraction of sp³-hybridized carbons (Fsp3) is 0. The first-order chi connectivity index (χ1) is 9.10. The Morgan fingerprint density at radius 1 is 1.37 bits per heavy atom. The number of halogens is 1. The summed E-state index contributed by atoms with van der Waals surface area (Å²) >= 11 is 7.07. The molecule has 0 spiro atoms. The van der Waals surface area contributed by atoms with Gasteiger partial charge in [0.25, 0.3) is 0 Å². The maximum Gasteiger partial charge on any atom is 0.337 e. The van der Waals surface area contributed by atoms with Gasteiger partial charge in [0, 0.05) is 11.1 Å². The van der Waals surface area contributed by atoms with Gasteiger partial charge >= 0.3 is 5.97 Å². The molecule has 2 rings (SSSR count). The summed E-state index contributed by atoms with van der Waals surface area (Å²) < 4.78 is 0. The summed E-state index contributed by atoms with van der Waals surface area (Å²) in [6.07, 6.45) is 1.54. The predicted octanol–water partition coefficient (Wildman–Crippen LogP) is 3.46. The molecular weight excluding hydrogens is 284 g/mol. The first-order valence-corrected chi connectivity index (χ1v) is 6.36. The minimum Gasteiger partial charge on any atom is -0.478 e. The monoisotopic (exact) mass is 290 g/mol. The standard InChI is InChI=1S/C13H7ClN2O2S/c14-11-2-1-9(6-10(11)13(17)18)19-12-5-8(7-15)3-4-16-12/h1-6H,(H,17,18). The van der Waals surface area contributed by atoms with Gasteiger partial charge in [-0.1, -0.05) is 23.4 Å². The van der Waals surface area contributed by atoms with E-state index in [4.69, 9.17) is 22.0 Å². The molecule has 0 radical (unpaired) electrons. The van der Waals surface area contributed by atoms with E-state index in [2.05, 4.69) is 4.98 Å². The molecule has 0 aliphatic rings. The van der Waals surface area contributed by atoms with Crippen LogP contribution in [0.5, 0.6) is 0 Å². The van der Waals surface area contributed by atoms with E-state index in [-0.39, 0.29) is 10.6 Å². The van der Waals surface area contributed by atoms with Crippen LogP contribution in [0.4, 0.5) is 0 Å². The second-order valence-electron chi connectivity index (χ2n) is 3.54. The Labute approximate surface area is 118 Å². The Hall–Kier alpha value is -2.03. The SMILES string of the molecule is N#Cc1ccnc(Sc2ccc(Cl)c(C(=O)O)c2)c1. The van der Waals surface area contributed by atoms with Crippen molar-refractivity contribution in [3.63, 3.8) is 0 Å². The number of rotatable bonds is 3. The first-order valence-electron chi connectivity index (χ1n) is 5.17. The maximum absolute atomic E-state index is 11.0. The van der Waals surface area contributed by atoms with Crippen molar-refractivity contribution in [3.8, 4) is 6.07 Å². The van der Waals surface area contributed by atoms with Crippen molar-refractivity contribution >= 4 is 29.3 Å². The van der Waals surface area contributed by atoms with Crippen LogP contribution in [-0.2, 0) is 0 Å². The molecule has 1 N–H and O–H groups in total. The number of aromatic nitrogens is 1. The molecule has 0 saturated carbocycles. The van der Waals surface area contributed by atoms with Gasteiger partial charge in [-0.25, -0.2) is 9.78 Å². The van der Waals surface area contributed by atoms with E-state index in [1.807, 2.05) is 6.07 Å². The van der Waals surface area contributed by atoms with Gasteiger partial charge in [-0.2, -0.15) is 5.26 Å². The summed E-state index contributed by atoms with van der Waals surface area (Å²) in [6, 6.07) is 9.99. The smallest absolute Gasteiger partial charge is 0.337 e. The number of carboxylic acids is 1. The summed E-state index contributed by atoms with van der Waals surface area (Å²) in [7, 11) is 0. The Morgan fingerprint density at radius 3 is 2.84 bits per heavy atom. The highest BCUT2D eigenvalue weighted by atomic mass is 35.5. The average Bonchev–Trinajstić information content (AvgIpc) is 2.41. The number of carboxylic acid groups (broad SMARTS) is 1. The molecule has 0 amide bonds. The molecule has 0 bridgehead atoms. The molecule has 1 aromatic heterocycles. The van der Waals surface area contributed by atoms with Crippen LogP contribution in [0.2, 0.25) is 5.02 Å². The lowest BCUT2D eigenvalue weighted by atomic mass is 10.2. The zero-order valence-electron chi connectivity index (χ0n) is 9.50. The van der Waals surface area contributed by atoms with E-state index in [9.17, 15) is 4.79 Å². The number of benzene rings is 1. The number of hydrogen-bond donors (Lipinski definition) is 1. The zero-order chi connectivity index (χ0) is 13.8. The largest absolute Gasteiger partial charge is 0.478 e. The molecule has 6 heteroatoms. The number of nitriles is 1. The van der Waals surface area contributed by atoms with Gasteiger partial charge in [0.2, 0.25) is 0 Å². The second kappa shape index (κ2) is 5.74. The van der Waals surface area contributed by atoms with E-state index in [1.54, 1.807) is 18.2 Å². The normalized spacial score (nSPS) is 9.89. The van der Waals surface area contributed by atoms with Crippen molar-refractivity contribution in [2.24, 2.45) is 0 Å². The van der Waals surface area contributed by atoms with Crippen molar-refractivity contribution in [1.82, 2.24) is 4.98 Å². The predicted molar refractivity (Wildman–Crippen MR) is 71.5 cm³/mol. The minimum atomic E-state index is -1.08. The van der Waals surface area contributed by atoms with Crippen LogP contribution in [0.3, 0.4) is 0 Å². The maximum atomic E-state index is 11.0. The van der Waals surface area contributed by atoms with Crippen molar-refractivity contribution in [2.45, 2.75) is 9.92 Å². The van der Waals surface area contributed by atoms with E-state index < -0.39 is 5.97 Å². The van der Waals surface area contributed by atoms with Crippen LogP contribution in [0.1, 0.15) is 15.9 Å². The Bertz CT molecular complexity index is 683. The van der Waals surface area contributed by atoms with Crippen LogP contribution >= 0.6 is 23.4 Å². The van der Waals surface area contributed by atoms with Gasteiger partial charge in [-0.05, 0) is 30.3 Å². The summed E-state index contributed by atoms with van der Waals surface area (Å²) in [4.78, 5) is 15.8. The first kappa shape index (κ1) is 13.4. The van der Waals surface area contributed by atoms with Gasteiger partial charge < -0.3 is 5.11 Å². The summed E-state index contributed by atoms with van der Waals surface area (Å²) in [5.41, 5.74) is 0.549. The number of aromatic carboxylic acids is 1. The molecule has 0 aliphatic heterocycles. The fourth-order valence-corrected chi connectivity index (χ4v) is 2.44. The summed E-state index contributed by atoms with van der Waals surface area (Å²) in [5.74, 6) is -1.08. The van der Waals surface area contributed by atoms with Crippen molar-refractivity contribution in [1.29, 1.82) is 5.26 Å². The number of carbonyl (C=O) groups is 1. The van der Waals surface area contributed by atoms with Gasteiger partial charge in [-0.3, -0.25) is 0 Å². The molecule has 94 valence electrons. The highest BCUT2D eigenvalue weighted by Gasteiger charge is 2.10. The highest BCUT2D eigenvalue weighted by molar-refractivity contribution is 7.99. The number of hydrogen-bond acceptors (Lipinski definition) is 4. The van der Waals surface area contributed by atoms with Crippen LogP contribution in [0.15, 0.2) is 46.5 Å². The lowest BCUT2D eigenvalue weighted by Crippen LogP contribution is -1.97. The lowest BCUT2D eigenvalue weighted by molar-refractivity contribution is 0.0697. The third-order valence-electron chi connectivity index (χ3n) is 2.25. The zero-order valence-corrected chi connectivity index (χ0v) is 11.1. The summed E-state index contributed by atoms with van der Waals surface area (Å²) in [6.45, 7) is 0. The Kier molecular flexibility index (Phi) is 4.05. The molecule has 2 aromatic rings. The Balaban J connectivity index is 2.31. The molecule has 19 heavy (non-hydrogen) atoms. The van der Waals surface area contributed by atoms with Crippen molar-refractivity contribution in [3.05, 3.63) is 52.7 Å². The molecule has 0 saturated heterocycles. The quantitative estimate of drug-likeness (QED) is 0.937. The minimum absolute atomic E-state index is 0.0445. The molecule has 0 fully saturated rings. The molecule has 4 nitrogen and oxygen atoms in total. The fourth-order valence-electron chi connectivity index (χ4n) is 1.39. The second-order valence-corrected chi connectivity index (χ2v) is 5.04. The summed E-state index contributed by atoms with van der Waals surface area (Å²) in [5, 5.41) is 18.6. The van der Waals surface area contributed by atoms with Gasteiger partial charge in [0.05, 0.1) is 22.2 Å².